The predicted molar refractivity (Wildman–Crippen MR) is 111 cm³/mol. The zero-order chi connectivity index (χ0) is 16.7. The fourth-order valence-electron chi connectivity index (χ4n) is 4.62. The van der Waals surface area contributed by atoms with E-state index in [1.807, 2.05) is 0 Å². The normalized spacial score (nSPS) is 20.2. The lowest BCUT2D eigenvalue weighted by atomic mass is 9.92. The Labute approximate surface area is 154 Å². The highest BCUT2D eigenvalue weighted by molar-refractivity contribution is 9.09. The summed E-state index contributed by atoms with van der Waals surface area (Å²) in [5.74, 6) is 0.494. The second-order valence-corrected chi connectivity index (χ2v) is 8.12. The number of hydrogen-bond acceptors (Lipinski definition) is 0. The van der Waals surface area contributed by atoms with E-state index in [0.717, 1.165) is 0 Å². The highest BCUT2D eigenvalue weighted by Crippen LogP contribution is 2.47. The Hall–Kier alpha value is -2.32. The van der Waals surface area contributed by atoms with Gasteiger partial charge >= 0.3 is 0 Å². The number of hydrogen-bond donors (Lipinski definition) is 0. The third kappa shape index (κ3) is 1.59. The maximum absolute atomic E-state index is 3.97. The second kappa shape index (κ2) is 4.64. The highest BCUT2D eigenvalue weighted by atomic mass is 79.9. The van der Waals surface area contributed by atoms with Gasteiger partial charge in [0.15, 0.2) is 0 Å². The van der Waals surface area contributed by atoms with Crippen LogP contribution in [0.3, 0.4) is 0 Å². The maximum Gasteiger partial charge on any atom is 0.0623 e. The first-order chi connectivity index (χ1) is 12.3. The third-order valence-corrected chi connectivity index (χ3v) is 7.07. The number of aromatic nitrogens is 1. The van der Waals surface area contributed by atoms with E-state index >= 15 is 0 Å². The van der Waals surface area contributed by atoms with Crippen LogP contribution < -0.4 is 0 Å². The number of para-hydroxylation sites is 1. The molecule has 120 valence electrons. The molecular weight excluding hydrogens is 370 g/mol. The van der Waals surface area contributed by atoms with Crippen molar-refractivity contribution >= 4 is 60.0 Å². The van der Waals surface area contributed by atoms with Crippen molar-refractivity contribution < 1.29 is 0 Å². The van der Waals surface area contributed by atoms with Crippen LogP contribution in [0.5, 0.6) is 0 Å². The fraction of sp³-hybridized carbons (Fsp3) is 0.130. The summed E-state index contributed by atoms with van der Waals surface area (Å²) in [6.07, 6.45) is 4.64. The summed E-state index contributed by atoms with van der Waals surface area (Å²) in [7, 11) is 0. The lowest BCUT2D eigenvalue weighted by molar-refractivity contribution is 0.712. The Kier molecular flexibility index (Phi) is 2.58. The van der Waals surface area contributed by atoms with Crippen molar-refractivity contribution in [1.29, 1.82) is 0 Å². The molecule has 6 rings (SSSR count). The number of pyridine rings is 1. The molecule has 3 aromatic carbocycles. The first-order valence-corrected chi connectivity index (χ1v) is 9.69. The van der Waals surface area contributed by atoms with Crippen molar-refractivity contribution in [3.05, 3.63) is 71.9 Å². The Morgan fingerprint density at radius 1 is 0.880 bits per heavy atom. The first kappa shape index (κ1) is 13.9. The summed E-state index contributed by atoms with van der Waals surface area (Å²) in [5, 5.41) is 6.75. The SMILES string of the molecule is CC1C=Cc2c(c3ccc4cccc5c6ccccc6n2c3c45)C1Br. The van der Waals surface area contributed by atoms with Crippen molar-refractivity contribution in [1.82, 2.24) is 4.40 Å². The molecule has 1 nitrogen and oxygen atoms in total. The Morgan fingerprint density at radius 3 is 2.64 bits per heavy atom. The predicted octanol–water partition coefficient (Wildman–Crippen LogP) is 6.94. The molecule has 0 saturated carbocycles. The van der Waals surface area contributed by atoms with Gasteiger partial charge in [0, 0.05) is 21.0 Å². The molecule has 2 unspecified atom stereocenters. The number of nitrogens with zero attached hydrogens (tertiary/aromatic N) is 1. The van der Waals surface area contributed by atoms with Crippen molar-refractivity contribution in [2.75, 3.05) is 0 Å². The fourth-order valence-corrected chi connectivity index (χ4v) is 5.27. The number of rotatable bonds is 0. The van der Waals surface area contributed by atoms with Gasteiger partial charge in [-0.2, -0.15) is 0 Å². The van der Waals surface area contributed by atoms with Gasteiger partial charge in [-0.15, -0.1) is 0 Å². The van der Waals surface area contributed by atoms with Gasteiger partial charge in [-0.25, -0.2) is 0 Å². The highest BCUT2D eigenvalue weighted by Gasteiger charge is 2.28. The molecule has 0 N–H and O–H groups in total. The van der Waals surface area contributed by atoms with Gasteiger partial charge in [-0.1, -0.05) is 77.5 Å². The minimum absolute atomic E-state index is 0.353. The average molecular weight is 386 g/mol. The topological polar surface area (TPSA) is 4.41 Å². The summed E-state index contributed by atoms with van der Waals surface area (Å²) >= 11 is 3.97. The molecule has 0 aliphatic heterocycles. The lowest BCUT2D eigenvalue weighted by Crippen LogP contribution is -2.06. The van der Waals surface area contributed by atoms with Crippen LogP contribution in [0.25, 0.3) is 44.0 Å². The molecule has 2 heterocycles. The van der Waals surface area contributed by atoms with Crippen LogP contribution in [0.2, 0.25) is 0 Å². The van der Waals surface area contributed by atoms with Crippen molar-refractivity contribution in [2.45, 2.75) is 11.8 Å². The smallest absolute Gasteiger partial charge is 0.0623 e. The van der Waals surface area contributed by atoms with Gasteiger partial charge in [-0.05, 0) is 34.4 Å². The standard InChI is InChI=1S/C23H16BrN/c1-13-9-12-19-21(22(13)24)17-11-10-14-5-4-7-16-15-6-2-3-8-18(15)25(19)23(17)20(14)16/h2-13,22H,1H3. The Morgan fingerprint density at radius 2 is 1.72 bits per heavy atom. The molecule has 0 saturated heterocycles. The van der Waals surface area contributed by atoms with Gasteiger partial charge in [-0.3, -0.25) is 0 Å². The first-order valence-electron chi connectivity index (χ1n) is 8.78. The molecule has 0 fully saturated rings. The number of halogens is 1. The van der Waals surface area contributed by atoms with Crippen molar-refractivity contribution in [2.24, 2.45) is 5.92 Å². The van der Waals surface area contributed by atoms with Crippen LogP contribution in [0, 0.1) is 5.92 Å². The van der Waals surface area contributed by atoms with Crippen LogP contribution in [-0.4, -0.2) is 4.40 Å². The van der Waals surface area contributed by atoms with E-state index in [9.17, 15) is 0 Å². The lowest BCUT2D eigenvalue weighted by Gasteiger charge is -2.20. The molecule has 0 bridgehead atoms. The van der Waals surface area contributed by atoms with Crippen molar-refractivity contribution in [3.8, 4) is 0 Å². The molecule has 2 atom stereocenters. The van der Waals surface area contributed by atoms with E-state index in [0.29, 0.717) is 10.7 Å². The molecule has 0 radical (unpaired) electrons. The van der Waals surface area contributed by atoms with Crippen LogP contribution in [0.15, 0.2) is 60.7 Å². The van der Waals surface area contributed by atoms with E-state index in [-0.39, 0.29) is 0 Å². The Balaban J connectivity index is 2.03. The quantitative estimate of drug-likeness (QED) is 0.154. The molecule has 25 heavy (non-hydrogen) atoms. The van der Waals surface area contributed by atoms with Crippen LogP contribution in [0.1, 0.15) is 23.0 Å². The van der Waals surface area contributed by atoms with E-state index in [4.69, 9.17) is 0 Å². The second-order valence-electron chi connectivity index (χ2n) is 7.14. The number of fused-ring (bicyclic) bond motifs is 6. The molecule has 0 amide bonds. The molecule has 2 aromatic heterocycles. The summed E-state index contributed by atoms with van der Waals surface area (Å²) < 4.78 is 2.48. The summed E-state index contributed by atoms with van der Waals surface area (Å²) in [6, 6.07) is 20.0. The molecule has 1 aliphatic carbocycles. The zero-order valence-electron chi connectivity index (χ0n) is 13.8. The number of allylic oxidation sites excluding steroid dienone is 1. The van der Waals surface area contributed by atoms with E-state index in [2.05, 4.69) is 94.0 Å². The van der Waals surface area contributed by atoms with Gasteiger partial charge < -0.3 is 4.40 Å². The maximum atomic E-state index is 3.97. The molecule has 1 aliphatic rings. The van der Waals surface area contributed by atoms with Crippen LogP contribution in [-0.2, 0) is 0 Å². The summed E-state index contributed by atoms with van der Waals surface area (Å²) in [5.41, 5.74) is 5.40. The monoisotopic (exact) mass is 385 g/mol. The van der Waals surface area contributed by atoms with Crippen molar-refractivity contribution in [3.63, 3.8) is 0 Å². The molecule has 2 heteroatoms. The Bertz CT molecular complexity index is 1320. The number of alkyl halides is 1. The van der Waals surface area contributed by atoms with Crippen LogP contribution >= 0.6 is 15.9 Å². The minimum Gasteiger partial charge on any atom is -0.308 e. The van der Waals surface area contributed by atoms with Gasteiger partial charge in [0.1, 0.15) is 0 Å². The molecule has 5 aromatic rings. The van der Waals surface area contributed by atoms with Gasteiger partial charge in [0.25, 0.3) is 0 Å². The third-order valence-electron chi connectivity index (χ3n) is 5.78. The van der Waals surface area contributed by atoms with Gasteiger partial charge in [0.05, 0.1) is 16.7 Å². The molecular formula is C23H16BrN. The molecule has 0 spiro atoms. The minimum atomic E-state index is 0.353. The van der Waals surface area contributed by atoms with E-state index < -0.39 is 0 Å². The van der Waals surface area contributed by atoms with E-state index in [1.165, 1.54) is 49.2 Å². The van der Waals surface area contributed by atoms with Gasteiger partial charge in [0.2, 0.25) is 0 Å². The number of benzene rings is 3. The summed E-state index contributed by atoms with van der Waals surface area (Å²) in [4.78, 5) is 0.353. The summed E-state index contributed by atoms with van der Waals surface area (Å²) in [6.45, 7) is 2.28. The van der Waals surface area contributed by atoms with E-state index in [1.54, 1.807) is 0 Å². The largest absolute Gasteiger partial charge is 0.308 e. The van der Waals surface area contributed by atoms with Crippen LogP contribution in [0.4, 0.5) is 0 Å². The average Bonchev–Trinajstić information content (AvgIpc) is 3.00. The zero-order valence-corrected chi connectivity index (χ0v) is 15.4.